The van der Waals surface area contributed by atoms with E-state index in [1.54, 1.807) is 0 Å². The molecule has 0 fully saturated rings. The van der Waals surface area contributed by atoms with Gasteiger partial charge < -0.3 is 10.2 Å². The summed E-state index contributed by atoms with van der Waals surface area (Å²) >= 11 is 0. The summed E-state index contributed by atoms with van der Waals surface area (Å²) in [6.45, 7) is 4.69. The summed E-state index contributed by atoms with van der Waals surface area (Å²) in [7, 11) is 0. The molecular formula is C22H42O4. The molecule has 2 N–H and O–H groups in total. The lowest BCUT2D eigenvalue weighted by molar-refractivity contribution is -0.138. The number of carboxylic acid groups (broad SMARTS) is 2. The van der Waals surface area contributed by atoms with E-state index in [9.17, 15) is 9.59 Å². The topological polar surface area (TPSA) is 74.6 Å². The Labute approximate surface area is 160 Å². The number of carbonyl (C=O) groups is 2. The smallest absolute Gasteiger partial charge is 0.303 e. The number of hydrogen-bond donors (Lipinski definition) is 2. The van der Waals surface area contributed by atoms with Gasteiger partial charge in [-0.1, -0.05) is 90.9 Å². The van der Waals surface area contributed by atoms with Crippen LogP contribution in [0.3, 0.4) is 0 Å². The molecular weight excluding hydrogens is 328 g/mol. The highest BCUT2D eigenvalue weighted by atomic mass is 16.4. The minimum absolute atomic E-state index is 0.316. The lowest BCUT2D eigenvalue weighted by Crippen LogP contribution is -1.99. The summed E-state index contributed by atoms with van der Waals surface area (Å²) in [5.41, 5.74) is 0. The highest BCUT2D eigenvalue weighted by Crippen LogP contribution is 2.21. The summed E-state index contributed by atoms with van der Waals surface area (Å²) in [4.78, 5) is 20.9. The third-order valence-corrected chi connectivity index (χ3v) is 5.32. The fourth-order valence-electron chi connectivity index (χ4n) is 3.52. The predicted molar refractivity (Wildman–Crippen MR) is 107 cm³/mol. The molecule has 0 bridgehead atoms. The molecule has 0 spiro atoms. The fraction of sp³-hybridized carbons (Fsp3) is 0.909. The first-order valence-corrected chi connectivity index (χ1v) is 10.9. The van der Waals surface area contributed by atoms with Crippen LogP contribution in [-0.2, 0) is 9.59 Å². The van der Waals surface area contributed by atoms with Gasteiger partial charge in [-0.25, -0.2) is 0 Å². The molecule has 26 heavy (non-hydrogen) atoms. The molecule has 0 aliphatic heterocycles. The Morgan fingerprint density at radius 1 is 0.538 bits per heavy atom. The molecule has 2 atom stereocenters. The molecule has 0 heterocycles. The Bertz CT molecular complexity index is 320. The minimum Gasteiger partial charge on any atom is -0.481 e. The van der Waals surface area contributed by atoms with Crippen molar-refractivity contribution in [2.75, 3.05) is 0 Å². The van der Waals surface area contributed by atoms with Crippen molar-refractivity contribution in [2.24, 2.45) is 11.8 Å². The van der Waals surface area contributed by atoms with Crippen molar-refractivity contribution >= 4 is 11.9 Å². The van der Waals surface area contributed by atoms with E-state index in [2.05, 4.69) is 13.8 Å². The van der Waals surface area contributed by atoms with E-state index in [0.29, 0.717) is 12.8 Å². The molecule has 2 unspecified atom stereocenters. The third-order valence-electron chi connectivity index (χ3n) is 5.32. The molecule has 0 aromatic carbocycles. The molecule has 154 valence electrons. The molecule has 4 nitrogen and oxygen atoms in total. The van der Waals surface area contributed by atoms with E-state index in [1.165, 1.54) is 64.2 Å². The Kier molecular flexibility index (Phi) is 16.7. The van der Waals surface area contributed by atoms with Crippen LogP contribution >= 0.6 is 0 Å². The van der Waals surface area contributed by atoms with Crippen LogP contribution in [0.4, 0.5) is 0 Å². The average Bonchev–Trinajstić information content (AvgIpc) is 2.57. The number of hydrogen-bond acceptors (Lipinski definition) is 2. The lowest BCUT2D eigenvalue weighted by atomic mass is 9.93. The van der Waals surface area contributed by atoms with Crippen LogP contribution < -0.4 is 0 Å². The molecule has 0 aliphatic carbocycles. The van der Waals surface area contributed by atoms with Crippen molar-refractivity contribution < 1.29 is 19.8 Å². The standard InChI is InChI=1S/C22H42O4/c1-19(13-7-3-5-9-17-21(23)24)15-11-12-16-20(2)14-8-4-6-10-18-22(25)26/h19-20H,3-18H2,1-2H3,(H,23,24)(H,25,26). The molecule has 0 aromatic heterocycles. The van der Waals surface area contributed by atoms with Gasteiger partial charge in [0.25, 0.3) is 0 Å². The van der Waals surface area contributed by atoms with E-state index in [4.69, 9.17) is 10.2 Å². The number of unbranched alkanes of at least 4 members (excludes halogenated alkanes) is 7. The molecule has 0 saturated carbocycles. The Morgan fingerprint density at radius 2 is 0.808 bits per heavy atom. The summed E-state index contributed by atoms with van der Waals surface area (Å²) in [6, 6.07) is 0. The van der Waals surface area contributed by atoms with Gasteiger partial charge in [-0.3, -0.25) is 9.59 Å². The Hall–Kier alpha value is -1.06. The second-order valence-corrected chi connectivity index (χ2v) is 8.19. The first-order valence-electron chi connectivity index (χ1n) is 10.9. The largest absolute Gasteiger partial charge is 0.481 e. The van der Waals surface area contributed by atoms with Gasteiger partial charge in [0.2, 0.25) is 0 Å². The van der Waals surface area contributed by atoms with Gasteiger partial charge in [0, 0.05) is 12.8 Å². The normalized spacial score (nSPS) is 13.5. The highest BCUT2D eigenvalue weighted by Gasteiger charge is 2.06. The zero-order chi connectivity index (χ0) is 19.6. The number of rotatable bonds is 19. The van der Waals surface area contributed by atoms with Crippen LogP contribution in [0.5, 0.6) is 0 Å². The van der Waals surface area contributed by atoms with Crippen molar-refractivity contribution in [3.05, 3.63) is 0 Å². The van der Waals surface area contributed by atoms with Crippen molar-refractivity contribution in [3.63, 3.8) is 0 Å². The van der Waals surface area contributed by atoms with Crippen LogP contribution in [0.25, 0.3) is 0 Å². The summed E-state index contributed by atoms with van der Waals surface area (Å²) in [5.74, 6) is 0.231. The van der Waals surface area contributed by atoms with E-state index in [-0.39, 0.29) is 0 Å². The van der Waals surface area contributed by atoms with E-state index in [0.717, 1.165) is 37.5 Å². The van der Waals surface area contributed by atoms with Gasteiger partial charge in [0.1, 0.15) is 0 Å². The maximum atomic E-state index is 10.4. The summed E-state index contributed by atoms with van der Waals surface area (Å²) in [6.07, 6.45) is 17.0. The molecule has 4 heteroatoms. The monoisotopic (exact) mass is 370 g/mol. The van der Waals surface area contributed by atoms with Crippen LogP contribution in [0.15, 0.2) is 0 Å². The van der Waals surface area contributed by atoms with Gasteiger partial charge in [0.15, 0.2) is 0 Å². The van der Waals surface area contributed by atoms with Crippen LogP contribution in [0.1, 0.15) is 117 Å². The maximum absolute atomic E-state index is 10.4. The molecule has 0 aliphatic rings. The Morgan fingerprint density at radius 3 is 1.12 bits per heavy atom. The molecule has 0 rings (SSSR count). The van der Waals surface area contributed by atoms with E-state index >= 15 is 0 Å². The average molecular weight is 371 g/mol. The first kappa shape index (κ1) is 24.9. The van der Waals surface area contributed by atoms with E-state index < -0.39 is 11.9 Å². The van der Waals surface area contributed by atoms with Gasteiger partial charge in [-0.05, 0) is 24.7 Å². The molecule has 0 aromatic rings. The highest BCUT2D eigenvalue weighted by molar-refractivity contribution is 5.66. The summed E-state index contributed by atoms with van der Waals surface area (Å²) in [5, 5.41) is 17.2. The molecule has 0 saturated heterocycles. The van der Waals surface area contributed by atoms with Crippen molar-refractivity contribution in [2.45, 2.75) is 117 Å². The predicted octanol–water partition coefficient (Wildman–Crippen LogP) is 6.67. The van der Waals surface area contributed by atoms with Gasteiger partial charge >= 0.3 is 11.9 Å². The van der Waals surface area contributed by atoms with Crippen molar-refractivity contribution in [3.8, 4) is 0 Å². The fourth-order valence-corrected chi connectivity index (χ4v) is 3.52. The van der Waals surface area contributed by atoms with Crippen LogP contribution in [0, 0.1) is 11.8 Å². The second kappa shape index (κ2) is 17.4. The van der Waals surface area contributed by atoms with Gasteiger partial charge in [-0.15, -0.1) is 0 Å². The zero-order valence-electron chi connectivity index (χ0n) is 17.2. The lowest BCUT2D eigenvalue weighted by Gasteiger charge is -2.13. The van der Waals surface area contributed by atoms with Crippen molar-refractivity contribution in [1.82, 2.24) is 0 Å². The minimum atomic E-state index is -0.675. The maximum Gasteiger partial charge on any atom is 0.303 e. The van der Waals surface area contributed by atoms with Crippen molar-refractivity contribution in [1.29, 1.82) is 0 Å². The molecule has 0 radical (unpaired) electrons. The van der Waals surface area contributed by atoms with Gasteiger partial charge in [0.05, 0.1) is 0 Å². The summed E-state index contributed by atoms with van der Waals surface area (Å²) < 4.78 is 0. The van der Waals surface area contributed by atoms with Gasteiger partial charge in [-0.2, -0.15) is 0 Å². The van der Waals surface area contributed by atoms with Crippen LogP contribution in [-0.4, -0.2) is 22.2 Å². The second-order valence-electron chi connectivity index (χ2n) is 8.19. The Balaban J connectivity index is 3.35. The number of aliphatic carboxylic acids is 2. The molecule has 0 amide bonds. The quantitative estimate of drug-likeness (QED) is 0.249. The SMILES string of the molecule is CC(CCCCCCC(=O)O)CCCCC(C)CCCCCCC(=O)O. The number of carboxylic acids is 2. The zero-order valence-corrected chi connectivity index (χ0v) is 17.2. The van der Waals surface area contributed by atoms with E-state index in [1.807, 2.05) is 0 Å². The van der Waals surface area contributed by atoms with Crippen LogP contribution in [0.2, 0.25) is 0 Å². The first-order chi connectivity index (χ1) is 12.4. The third kappa shape index (κ3) is 19.3.